The van der Waals surface area contributed by atoms with Gasteiger partial charge in [-0.15, -0.1) is 10.2 Å². The topological polar surface area (TPSA) is 93.5 Å². The first kappa shape index (κ1) is 21.1. The molecule has 0 aliphatic carbocycles. The van der Waals surface area contributed by atoms with Crippen molar-refractivity contribution in [3.8, 4) is 5.75 Å². The Morgan fingerprint density at radius 3 is 2.94 bits per heavy atom. The quantitative estimate of drug-likeness (QED) is 0.417. The van der Waals surface area contributed by atoms with Crippen LogP contribution in [-0.4, -0.2) is 40.0 Å². The van der Waals surface area contributed by atoms with Crippen LogP contribution in [-0.2, 0) is 4.79 Å². The molecule has 1 amide bonds. The highest BCUT2D eigenvalue weighted by molar-refractivity contribution is 8.01. The van der Waals surface area contributed by atoms with Gasteiger partial charge in [0.05, 0.1) is 12.1 Å². The van der Waals surface area contributed by atoms with Gasteiger partial charge in [0.2, 0.25) is 5.13 Å². The molecule has 10 heteroatoms. The second-order valence-electron chi connectivity index (χ2n) is 6.73. The number of para-hydroxylation sites is 1. The van der Waals surface area contributed by atoms with E-state index in [0.29, 0.717) is 26.5 Å². The minimum absolute atomic E-state index is 0.00527. The Morgan fingerprint density at radius 2 is 2.10 bits per heavy atom. The lowest BCUT2D eigenvalue weighted by Crippen LogP contribution is -2.20. The molecule has 1 aromatic heterocycles. The van der Waals surface area contributed by atoms with Crippen LogP contribution >= 0.6 is 23.1 Å². The number of nitrogens with zero attached hydrogens (tertiary/aromatic N) is 3. The highest BCUT2D eigenvalue weighted by atomic mass is 32.2. The Kier molecular flexibility index (Phi) is 6.38. The number of Topliss-reactive ketones (excluding diaryl/α,β-unsaturated/α-hetero) is 1. The van der Waals surface area contributed by atoms with Crippen LogP contribution in [0.4, 0.5) is 15.2 Å². The van der Waals surface area contributed by atoms with Crippen molar-refractivity contribution in [1.82, 2.24) is 10.2 Å². The summed E-state index contributed by atoms with van der Waals surface area (Å²) in [4.78, 5) is 29.0. The fraction of sp³-hybridized carbons (Fsp3) is 0.190. The number of carbonyl (C=O) groups excluding carboxylic acids is 2. The van der Waals surface area contributed by atoms with E-state index < -0.39 is 11.7 Å². The van der Waals surface area contributed by atoms with Crippen molar-refractivity contribution in [2.75, 3.05) is 17.7 Å². The monoisotopic (exact) mass is 456 g/mol. The first-order chi connectivity index (χ1) is 15.0. The van der Waals surface area contributed by atoms with Gasteiger partial charge in [-0.3, -0.25) is 19.9 Å². The van der Waals surface area contributed by atoms with Gasteiger partial charge < -0.3 is 4.74 Å². The van der Waals surface area contributed by atoms with Crippen LogP contribution in [0.15, 0.2) is 51.8 Å². The summed E-state index contributed by atoms with van der Waals surface area (Å²) in [5, 5.41) is 10.9. The van der Waals surface area contributed by atoms with Crippen molar-refractivity contribution in [3.05, 3.63) is 59.4 Å². The van der Waals surface area contributed by atoms with Crippen LogP contribution < -0.4 is 10.1 Å². The third-order valence-corrected chi connectivity index (χ3v) is 6.35. The molecule has 2 heterocycles. The molecule has 1 N–H and O–H groups in total. The number of ether oxygens (including phenoxy) is 1. The Bertz CT molecular complexity index is 1180. The van der Waals surface area contributed by atoms with Gasteiger partial charge in [-0.05, 0) is 31.2 Å². The second kappa shape index (κ2) is 9.36. The van der Waals surface area contributed by atoms with Crippen LogP contribution in [0.25, 0.3) is 0 Å². The summed E-state index contributed by atoms with van der Waals surface area (Å²) >= 11 is 2.60. The van der Waals surface area contributed by atoms with E-state index in [1.165, 1.54) is 41.3 Å². The first-order valence-electron chi connectivity index (χ1n) is 9.32. The van der Waals surface area contributed by atoms with Crippen molar-refractivity contribution in [1.29, 1.82) is 0 Å². The van der Waals surface area contributed by atoms with Crippen LogP contribution in [0.3, 0.4) is 0 Å². The molecule has 1 aliphatic heterocycles. The number of fused-ring (bicyclic) bond motifs is 1. The Hall–Kier alpha value is -3.11. The van der Waals surface area contributed by atoms with Crippen molar-refractivity contribution >= 4 is 51.3 Å². The number of thioether (sulfide) groups is 1. The lowest BCUT2D eigenvalue weighted by Gasteiger charge is -2.14. The van der Waals surface area contributed by atoms with E-state index in [2.05, 4.69) is 20.5 Å². The van der Waals surface area contributed by atoms with Crippen LogP contribution in [0, 0.1) is 12.7 Å². The number of aliphatic imine (C=N–C) groups is 1. The van der Waals surface area contributed by atoms with Gasteiger partial charge >= 0.3 is 0 Å². The minimum atomic E-state index is -0.535. The standard InChI is InChI=1S/C21H17FN4O3S2/c1-12-6-7-16-14(8-12)17(27)9-13(23-16)11-30-21-26-25-20(31-21)24-19(28)10-29-18-5-3-2-4-15(18)22/h2-8H,9-11H2,1H3,(H,24,25,28). The number of amides is 1. The predicted molar refractivity (Wildman–Crippen MR) is 118 cm³/mol. The molecule has 3 aromatic rings. The first-order valence-corrected chi connectivity index (χ1v) is 11.1. The number of aromatic nitrogens is 2. The number of ketones is 1. The van der Waals surface area contributed by atoms with Crippen molar-refractivity contribution in [3.63, 3.8) is 0 Å². The van der Waals surface area contributed by atoms with Gasteiger partial charge in [-0.2, -0.15) is 0 Å². The summed E-state index contributed by atoms with van der Waals surface area (Å²) in [6.07, 6.45) is 0.277. The zero-order valence-electron chi connectivity index (χ0n) is 16.4. The van der Waals surface area contributed by atoms with E-state index >= 15 is 0 Å². The molecule has 31 heavy (non-hydrogen) atoms. The Morgan fingerprint density at radius 1 is 1.26 bits per heavy atom. The summed E-state index contributed by atoms with van der Waals surface area (Å²) < 4.78 is 19.3. The van der Waals surface area contributed by atoms with Crippen LogP contribution in [0.5, 0.6) is 5.75 Å². The summed E-state index contributed by atoms with van der Waals surface area (Å²) in [5.74, 6) is -0.440. The van der Waals surface area contributed by atoms with Crippen molar-refractivity contribution in [2.45, 2.75) is 17.7 Å². The molecule has 2 aromatic carbocycles. The summed E-state index contributed by atoms with van der Waals surface area (Å²) in [6.45, 7) is 1.60. The third-order valence-electron chi connectivity index (χ3n) is 4.31. The fourth-order valence-corrected chi connectivity index (χ4v) is 4.57. The Labute approximate surface area is 185 Å². The number of carbonyl (C=O) groups is 2. The SMILES string of the molecule is Cc1ccc2c(c1)C(=O)CC(CSc1nnc(NC(=O)COc3ccccc3F)s1)=N2. The molecule has 0 unspecified atom stereocenters. The van der Waals surface area contributed by atoms with Gasteiger partial charge in [-0.25, -0.2) is 4.39 Å². The maximum absolute atomic E-state index is 13.5. The Balaban J connectivity index is 1.30. The number of halogens is 1. The van der Waals surface area contributed by atoms with Gasteiger partial charge in [0.15, 0.2) is 28.3 Å². The maximum atomic E-state index is 13.5. The lowest BCUT2D eigenvalue weighted by molar-refractivity contribution is -0.118. The molecule has 0 fully saturated rings. The van der Waals surface area contributed by atoms with E-state index in [9.17, 15) is 14.0 Å². The molecule has 0 spiro atoms. The van der Waals surface area contributed by atoms with Crippen LogP contribution in [0.1, 0.15) is 22.3 Å². The van der Waals surface area contributed by atoms with Gasteiger partial charge in [0, 0.05) is 17.0 Å². The molecule has 0 atom stereocenters. The highest BCUT2D eigenvalue weighted by Crippen LogP contribution is 2.30. The largest absolute Gasteiger partial charge is 0.481 e. The maximum Gasteiger partial charge on any atom is 0.264 e. The molecule has 0 saturated heterocycles. The predicted octanol–water partition coefficient (Wildman–Crippen LogP) is 4.45. The van der Waals surface area contributed by atoms with E-state index in [4.69, 9.17) is 4.74 Å². The summed E-state index contributed by atoms with van der Waals surface area (Å²) in [5.41, 5.74) is 3.15. The fourth-order valence-electron chi connectivity index (χ4n) is 2.87. The molecule has 4 rings (SSSR count). The highest BCUT2D eigenvalue weighted by Gasteiger charge is 2.20. The molecule has 0 radical (unpaired) electrons. The van der Waals surface area contributed by atoms with Gasteiger partial charge in [0.1, 0.15) is 0 Å². The molecule has 0 bridgehead atoms. The normalized spacial score (nSPS) is 12.8. The minimum Gasteiger partial charge on any atom is -0.481 e. The number of rotatable bonds is 7. The number of benzene rings is 2. The molecule has 7 nitrogen and oxygen atoms in total. The molecular weight excluding hydrogens is 439 g/mol. The number of hydrogen-bond acceptors (Lipinski definition) is 8. The second-order valence-corrected chi connectivity index (χ2v) is 8.93. The number of nitrogens with one attached hydrogen (secondary N) is 1. The third kappa shape index (κ3) is 5.33. The summed E-state index contributed by atoms with van der Waals surface area (Å²) in [6, 6.07) is 11.5. The molecular formula is C21H17FN4O3S2. The van der Waals surface area contributed by atoms with Crippen LogP contribution in [0.2, 0.25) is 0 Å². The van der Waals surface area contributed by atoms with E-state index in [1.807, 2.05) is 25.1 Å². The number of anilines is 1. The average molecular weight is 457 g/mol. The zero-order chi connectivity index (χ0) is 21.8. The van der Waals surface area contributed by atoms with E-state index in [0.717, 1.165) is 11.3 Å². The molecule has 158 valence electrons. The lowest BCUT2D eigenvalue weighted by atomic mass is 9.99. The number of aryl methyl sites for hydroxylation is 1. The van der Waals surface area contributed by atoms with E-state index in [-0.39, 0.29) is 24.6 Å². The van der Waals surface area contributed by atoms with Gasteiger partial charge in [-0.1, -0.05) is 46.9 Å². The zero-order valence-corrected chi connectivity index (χ0v) is 18.1. The molecule has 1 aliphatic rings. The van der Waals surface area contributed by atoms with Gasteiger partial charge in [0.25, 0.3) is 5.91 Å². The van der Waals surface area contributed by atoms with E-state index in [1.54, 1.807) is 6.07 Å². The van der Waals surface area contributed by atoms with Crippen molar-refractivity contribution < 1.29 is 18.7 Å². The smallest absolute Gasteiger partial charge is 0.264 e. The summed E-state index contributed by atoms with van der Waals surface area (Å²) in [7, 11) is 0. The average Bonchev–Trinajstić information content (AvgIpc) is 3.19. The van der Waals surface area contributed by atoms with Crippen molar-refractivity contribution in [2.24, 2.45) is 4.99 Å². The molecule has 0 saturated carbocycles. The number of hydrogen-bond donors (Lipinski definition) is 1.